The molecule has 2 aliphatic rings. The molecule has 5 heteroatoms. The summed E-state index contributed by atoms with van der Waals surface area (Å²) in [5.74, 6) is 0.777. The molecule has 1 unspecified atom stereocenters. The van der Waals surface area contributed by atoms with Gasteiger partial charge >= 0.3 is 0 Å². The Balaban J connectivity index is 1.51. The second-order valence-corrected chi connectivity index (χ2v) is 8.34. The van der Waals surface area contributed by atoms with Crippen molar-refractivity contribution in [2.75, 3.05) is 18.0 Å². The van der Waals surface area contributed by atoms with Crippen molar-refractivity contribution in [2.45, 2.75) is 24.9 Å². The van der Waals surface area contributed by atoms with Crippen molar-refractivity contribution in [3.8, 4) is 16.9 Å². The van der Waals surface area contributed by atoms with E-state index < -0.39 is 5.60 Å². The zero-order valence-corrected chi connectivity index (χ0v) is 17.7. The van der Waals surface area contributed by atoms with Crippen molar-refractivity contribution >= 4 is 17.1 Å². The fraction of sp³-hybridized carbons (Fsp3) is 0.222. The first kappa shape index (κ1) is 19.8. The number of hydrogen-bond donors (Lipinski definition) is 0. The number of fused-ring (bicyclic) bond motifs is 1. The molecule has 1 saturated heterocycles. The molecule has 2 aliphatic heterocycles. The number of hydrogen-bond acceptors (Lipinski definition) is 3. The molecule has 1 spiro atoms. The van der Waals surface area contributed by atoms with Crippen LogP contribution in [0.1, 0.15) is 24.8 Å². The zero-order chi connectivity index (χ0) is 22.0. The van der Waals surface area contributed by atoms with Crippen LogP contribution in [-0.2, 0) is 0 Å². The Labute approximate surface area is 188 Å². The van der Waals surface area contributed by atoms with E-state index in [0.717, 1.165) is 54.1 Å². The number of nitrogens with zero attached hydrogens (tertiary/aromatic N) is 4. The molecule has 1 atom stereocenters. The number of para-hydroxylation sites is 1. The van der Waals surface area contributed by atoms with Gasteiger partial charge in [0.15, 0.2) is 5.69 Å². The molecule has 3 aromatic rings. The maximum Gasteiger partial charge on any atom is 0.187 e. The van der Waals surface area contributed by atoms with E-state index in [9.17, 15) is 0 Å². The van der Waals surface area contributed by atoms with E-state index in [1.807, 2.05) is 42.5 Å². The number of rotatable bonds is 2. The Bertz CT molecular complexity index is 1270. The fourth-order valence-corrected chi connectivity index (χ4v) is 4.78. The van der Waals surface area contributed by atoms with Gasteiger partial charge in [-0.3, -0.25) is 0 Å². The smallest absolute Gasteiger partial charge is 0.187 e. The molecule has 0 saturated carbocycles. The van der Waals surface area contributed by atoms with Crippen LogP contribution in [0, 0.1) is 13.1 Å². The average molecular weight is 419 g/mol. The van der Waals surface area contributed by atoms with Crippen molar-refractivity contribution in [1.82, 2.24) is 0 Å². The van der Waals surface area contributed by atoms with Gasteiger partial charge in [0.25, 0.3) is 0 Å². The molecule has 156 valence electrons. The highest BCUT2D eigenvalue weighted by Gasteiger charge is 2.44. The van der Waals surface area contributed by atoms with Crippen LogP contribution in [0.15, 0.2) is 77.9 Å². The third kappa shape index (κ3) is 3.70. The summed E-state index contributed by atoms with van der Waals surface area (Å²) in [7, 11) is 0. The van der Waals surface area contributed by atoms with Crippen LogP contribution < -0.4 is 9.64 Å². The molecular weight excluding hydrogens is 396 g/mol. The number of piperidine rings is 1. The van der Waals surface area contributed by atoms with Gasteiger partial charge in [0, 0.05) is 24.2 Å². The lowest BCUT2D eigenvalue weighted by atomic mass is 9.82. The van der Waals surface area contributed by atoms with Crippen LogP contribution in [0.25, 0.3) is 20.9 Å². The third-order valence-electron chi connectivity index (χ3n) is 6.25. The largest absolute Gasteiger partial charge is 0.484 e. The molecular formula is C27H22N4O. The van der Waals surface area contributed by atoms with Crippen molar-refractivity contribution in [2.24, 2.45) is 5.10 Å². The van der Waals surface area contributed by atoms with Crippen molar-refractivity contribution in [3.63, 3.8) is 0 Å². The predicted octanol–water partition coefficient (Wildman–Crippen LogP) is 6.35. The van der Waals surface area contributed by atoms with E-state index in [2.05, 4.69) is 44.1 Å². The first-order chi connectivity index (χ1) is 15.7. The second-order valence-electron chi connectivity index (χ2n) is 8.34. The van der Waals surface area contributed by atoms with Crippen LogP contribution >= 0.6 is 0 Å². The molecule has 5 rings (SSSR count). The Morgan fingerprint density at radius 1 is 0.938 bits per heavy atom. The van der Waals surface area contributed by atoms with E-state index in [4.69, 9.17) is 17.9 Å². The van der Waals surface area contributed by atoms with Gasteiger partial charge in [0.1, 0.15) is 17.1 Å². The lowest BCUT2D eigenvalue weighted by Crippen LogP contribution is -2.54. The summed E-state index contributed by atoms with van der Waals surface area (Å²) in [6.45, 7) is 16.4. The minimum absolute atomic E-state index is 0.393. The topological polar surface area (TPSA) is 33.6 Å². The molecule has 3 aromatic carbocycles. The Morgan fingerprint density at radius 3 is 2.59 bits per heavy atom. The van der Waals surface area contributed by atoms with Crippen LogP contribution in [0.3, 0.4) is 0 Å². The van der Waals surface area contributed by atoms with E-state index >= 15 is 0 Å². The Morgan fingerprint density at radius 2 is 1.78 bits per heavy atom. The molecule has 0 aromatic heterocycles. The van der Waals surface area contributed by atoms with Gasteiger partial charge < -0.3 is 9.64 Å². The summed E-state index contributed by atoms with van der Waals surface area (Å²) < 4.78 is 6.65. The molecule has 0 amide bonds. The summed E-state index contributed by atoms with van der Waals surface area (Å²) >= 11 is 0. The van der Waals surface area contributed by atoms with E-state index in [0.29, 0.717) is 12.1 Å². The summed E-state index contributed by atoms with van der Waals surface area (Å²) in [6, 6.07) is 24.0. The van der Waals surface area contributed by atoms with Crippen molar-refractivity contribution in [1.29, 1.82) is 0 Å². The van der Waals surface area contributed by atoms with Gasteiger partial charge in [-0.25, -0.2) is 4.85 Å². The SMILES string of the molecule is [C-]#[N+]N=C1CC2(CCCN(c3ccccc3)C2)Oc2ccc(-c3cccc([N+]#[C-])c3)cc21. The number of anilines is 1. The maximum absolute atomic E-state index is 7.38. The first-order valence-electron chi connectivity index (χ1n) is 10.7. The monoisotopic (exact) mass is 418 g/mol. The third-order valence-corrected chi connectivity index (χ3v) is 6.25. The van der Waals surface area contributed by atoms with E-state index in [-0.39, 0.29) is 0 Å². The van der Waals surface area contributed by atoms with E-state index in [1.165, 1.54) is 5.69 Å². The van der Waals surface area contributed by atoms with Crippen LogP contribution in [0.2, 0.25) is 0 Å². The molecule has 5 nitrogen and oxygen atoms in total. The van der Waals surface area contributed by atoms with Crippen molar-refractivity contribution in [3.05, 3.63) is 101 Å². The van der Waals surface area contributed by atoms with Gasteiger partial charge in [-0.15, -0.1) is 4.95 Å². The van der Waals surface area contributed by atoms with Crippen LogP contribution in [0.5, 0.6) is 5.75 Å². The molecule has 1 fully saturated rings. The van der Waals surface area contributed by atoms with E-state index in [1.54, 1.807) is 6.07 Å². The maximum atomic E-state index is 7.38. The summed E-state index contributed by atoms with van der Waals surface area (Å²) in [4.78, 5) is 9.28. The quantitative estimate of drug-likeness (QED) is 0.359. The summed E-state index contributed by atoms with van der Waals surface area (Å²) in [5.41, 5.74) is 5.01. The normalized spacial score (nSPS) is 20.8. The van der Waals surface area contributed by atoms with Crippen molar-refractivity contribution < 1.29 is 4.74 Å². The molecule has 32 heavy (non-hydrogen) atoms. The van der Waals surface area contributed by atoms with Crippen LogP contribution in [0.4, 0.5) is 11.4 Å². The van der Waals surface area contributed by atoms with Gasteiger partial charge in [-0.1, -0.05) is 42.5 Å². The highest BCUT2D eigenvalue weighted by Crippen LogP contribution is 2.41. The molecule has 0 bridgehead atoms. The number of ether oxygens (including phenoxy) is 1. The average Bonchev–Trinajstić information content (AvgIpc) is 2.84. The molecule has 0 radical (unpaired) electrons. The second kappa shape index (κ2) is 8.21. The molecule has 2 heterocycles. The van der Waals surface area contributed by atoms with Gasteiger partial charge in [0.05, 0.1) is 18.2 Å². The standard InChI is InChI=1S/C27H22N4O/c1-28-22-9-6-8-20(16-22)21-12-13-26-24(17-21)25(30-29-2)18-27(32-26)14-7-15-31(19-27)23-10-4-3-5-11-23/h3-6,8-13,16-17H,7,14-15,18-19H2. The summed E-state index contributed by atoms with van der Waals surface area (Å²) in [6.07, 6.45) is 2.57. The minimum atomic E-state index is -0.393. The predicted molar refractivity (Wildman–Crippen MR) is 127 cm³/mol. The van der Waals surface area contributed by atoms with Gasteiger partial charge in [0.2, 0.25) is 0 Å². The zero-order valence-electron chi connectivity index (χ0n) is 17.7. The lowest BCUT2D eigenvalue weighted by molar-refractivity contribution is 0.0546. The molecule has 0 aliphatic carbocycles. The Hall–Kier alpha value is -4.09. The summed E-state index contributed by atoms with van der Waals surface area (Å²) in [5, 5.41) is 4.20. The highest BCUT2D eigenvalue weighted by atomic mass is 16.5. The van der Waals surface area contributed by atoms with Crippen LogP contribution in [-0.4, -0.2) is 24.4 Å². The minimum Gasteiger partial charge on any atom is -0.484 e. The number of benzene rings is 3. The highest BCUT2D eigenvalue weighted by molar-refractivity contribution is 6.05. The van der Waals surface area contributed by atoms with Gasteiger partial charge in [-0.05, 0) is 54.3 Å². The molecule has 0 N–H and O–H groups in total. The fourth-order valence-electron chi connectivity index (χ4n) is 4.78. The Kier molecular flexibility index (Phi) is 5.09. The first-order valence-corrected chi connectivity index (χ1v) is 10.7. The van der Waals surface area contributed by atoms with Gasteiger partial charge in [-0.2, -0.15) is 6.57 Å². The lowest BCUT2D eigenvalue weighted by Gasteiger charge is -2.46.